The molecule has 0 aliphatic carbocycles. The maximum absolute atomic E-state index is 12.3. The molecule has 4 nitrogen and oxygen atoms in total. The van der Waals surface area contributed by atoms with Crippen molar-refractivity contribution in [1.82, 2.24) is 9.55 Å². The summed E-state index contributed by atoms with van der Waals surface area (Å²) in [4.78, 5) is 18.6. The third-order valence-corrected chi connectivity index (χ3v) is 4.27. The van der Waals surface area contributed by atoms with Crippen LogP contribution in [0, 0.1) is 6.92 Å². The van der Waals surface area contributed by atoms with E-state index in [1.807, 2.05) is 13.0 Å². The van der Waals surface area contributed by atoms with Crippen molar-refractivity contribution < 1.29 is 4.74 Å². The van der Waals surface area contributed by atoms with Gasteiger partial charge in [-0.25, -0.2) is 4.98 Å². The van der Waals surface area contributed by atoms with Crippen LogP contribution in [-0.4, -0.2) is 22.3 Å². The maximum Gasteiger partial charge on any atom is 0.262 e. The van der Waals surface area contributed by atoms with Crippen molar-refractivity contribution in [2.45, 2.75) is 38.8 Å². The first-order valence-corrected chi connectivity index (χ1v) is 7.13. The molecule has 0 N–H and O–H groups in total. The Labute approximate surface area is 109 Å². The van der Waals surface area contributed by atoms with Crippen LogP contribution in [0.15, 0.2) is 17.2 Å². The second-order valence-corrected chi connectivity index (χ2v) is 6.00. The fourth-order valence-corrected chi connectivity index (χ4v) is 3.22. The lowest BCUT2D eigenvalue weighted by Gasteiger charge is -2.22. The Bertz CT molecular complexity index is 611. The topological polar surface area (TPSA) is 44.1 Å². The van der Waals surface area contributed by atoms with Gasteiger partial charge in [0.2, 0.25) is 0 Å². The Morgan fingerprint density at radius 3 is 3.22 bits per heavy atom. The quantitative estimate of drug-likeness (QED) is 0.836. The van der Waals surface area contributed by atoms with E-state index in [0.717, 1.165) is 34.5 Å². The maximum atomic E-state index is 12.3. The van der Waals surface area contributed by atoms with E-state index < -0.39 is 0 Å². The number of aromatic nitrogens is 2. The van der Waals surface area contributed by atoms with Gasteiger partial charge in [0.15, 0.2) is 0 Å². The summed E-state index contributed by atoms with van der Waals surface area (Å²) in [5, 5.41) is 0.732. The van der Waals surface area contributed by atoms with Gasteiger partial charge >= 0.3 is 0 Å². The van der Waals surface area contributed by atoms with Gasteiger partial charge in [0, 0.05) is 11.5 Å². The van der Waals surface area contributed by atoms with Crippen LogP contribution in [0.2, 0.25) is 0 Å². The van der Waals surface area contributed by atoms with Crippen LogP contribution in [0.1, 0.15) is 24.1 Å². The molecule has 2 aromatic heterocycles. The van der Waals surface area contributed by atoms with Crippen molar-refractivity contribution in [3.05, 3.63) is 27.6 Å². The van der Waals surface area contributed by atoms with Crippen molar-refractivity contribution in [3.63, 3.8) is 0 Å². The molecule has 3 rings (SSSR count). The zero-order valence-corrected chi connectivity index (χ0v) is 11.2. The molecule has 0 saturated carbocycles. The summed E-state index contributed by atoms with van der Waals surface area (Å²) < 4.78 is 7.35. The van der Waals surface area contributed by atoms with E-state index in [9.17, 15) is 4.79 Å². The predicted molar refractivity (Wildman–Crippen MR) is 72.2 cm³/mol. The Morgan fingerprint density at radius 1 is 1.56 bits per heavy atom. The van der Waals surface area contributed by atoms with Gasteiger partial charge < -0.3 is 4.74 Å². The van der Waals surface area contributed by atoms with Gasteiger partial charge in [-0.05, 0) is 32.3 Å². The molecule has 1 saturated heterocycles. The lowest BCUT2D eigenvalue weighted by Crippen LogP contribution is -2.30. The van der Waals surface area contributed by atoms with Gasteiger partial charge in [-0.2, -0.15) is 0 Å². The van der Waals surface area contributed by atoms with E-state index >= 15 is 0 Å². The standard InChI is InChI=1S/C13H16N2O2S/c1-9-6-11-12(18-9)14-8-15(13(11)16)7-10-4-2-3-5-17-10/h6,8,10H,2-5,7H2,1H3/t10-/m0/s1. The molecule has 3 heterocycles. The number of hydrogen-bond donors (Lipinski definition) is 0. The Hall–Kier alpha value is -1.20. The molecule has 0 unspecified atom stereocenters. The predicted octanol–water partition coefficient (Wildman–Crippen LogP) is 2.34. The Balaban J connectivity index is 1.91. The Kier molecular flexibility index (Phi) is 3.18. The fourth-order valence-electron chi connectivity index (χ4n) is 2.38. The largest absolute Gasteiger partial charge is 0.376 e. The van der Waals surface area contributed by atoms with Crippen molar-refractivity contribution in [3.8, 4) is 0 Å². The van der Waals surface area contributed by atoms with Gasteiger partial charge in [-0.1, -0.05) is 0 Å². The first-order valence-electron chi connectivity index (χ1n) is 6.31. The average Bonchev–Trinajstić information content (AvgIpc) is 2.76. The van der Waals surface area contributed by atoms with Crippen LogP contribution >= 0.6 is 11.3 Å². The van der Waals surface area contributed by atoms with E-state index in [0.29, 0.717) is 6.54 Å². The number of fused-ring (bicyclic) bond motifs is 1. The summed E-state index contributed by atoms with van der Waals surface area (Å²) >= 11 is 1.57. The smallest absolute Gasteiger partial charge is 0.262 e. The molecule has 0 aromatic carbocycles. The summed E-state index contributed by atoms with van der Waals surface area (Å²) in [5.41, 5.74) is 0.0542. The molecular weight excluding hydrogens is 248 g/mol. The zero-order chi connectivity index (χ0) is 12.5. The molecule has 1 aliphatic heterocycles. The zero-order valence-electron chi connectivity index (χ0n) is 10.4. The molecule has 1 atom stereocenters. The minimum absolute atomic E-state index is 0.0542. The van der Waals surface area contributed by atoms with Crippen LogP contribution in [0.5, 0.6) is 0 Å². The first-order chi connectivity index (χ1) is 8.74. The highest BCUT2D eigenvalue weighted by Crippen LogP contribution is 2.20. The highest BCUT2D eigenvalue weighted by molar-refractivity contribution is 7.18. The molecule has 0 spiro atoms. The summed E-state index contributed by atoms with van der Waals surface area (Å²) in [7, 11) is 0. The van der Waals surface area contributed by atoms with Gasteiger partial charge in [0.1, 0.15) is 4.83 Å². The second kappa shape index (κ2) is 4.82. The molecule has 0 radical (unpaired) electrons. The molecule has 0 bridgehead atoms. The van der Waals surface area contributed by atoms with Gasteiger partial charge in [-0.15, -0.1) is 11.3 Å². The number of ether oxygens (including phenoxy) is 1. The molecular formula is C13H16N2O2S. The summed E-state index contributed by atoms with van der Waals surface area (Å²) in [6.07, 6.45) is 5.17. The van der Waals surface area contributed by atoms with E-state index in [2.05, 4.69) is 4.98 Å². The lowest BCUT2D eigenvalue weighted by molar-refractivity contribution is 0.00536. The van der Waals surface area contributed by atoms with E-state index in [1.165, 1.54) is 6.42 Å². The van der Waals surface area contributed by atoms with Crippen LogP contribution in [-0.2, 0) is 11.3 Å². The number of aryl methyl sites for hydroxylation is 1. The van der Waals surface area contributed by atoms with E-state index in [1.54, 1.807) is 22.2 Å². The monoisotopic (exact) mass is 264 g/mol. The number of thiophene rings is 1. The Morgan fingerprint density at radius 2 is 2.44 bits per heavy atom. The number of hydrogen-bond acceptors (Lipinski definition) is 4. The van der Waals surface area contributed by atoms with Crippen molar-refractivity contribution >= 4 is 21.6 Å². The van der Waals surface area contributed by atoms with Gasteiger partial charge in [0.05, 0.1) is 24.4 Å². The normalized spacial score (nSPS) is 20.4. The molecule has 5 heteroatoms. The summed E-state index contributed by atoms with van der Waals surface area (Å²) in [6.45, 7) is 3.43. The molecule has 18 heavy (non-hydrogen) atoms. The molecule has 96 valence electrons. The van der Waals surface area contributed by atoms with Gasteiger partial charge in [0.25, 0.3) is 5.56 Å². The minimum atomic E-state index is 0.0542. The van der Waals surface area contributed by atoms with E-state index in [4.69, 9.17) is 4.74 Å². The van der Waals surface area contributed by atoms with Crippen molar-refractivity contribution in [1.29, 1.82) is 0 Å². The number of nitrogens with zero attached hydrogens (tertiary/aromatic N) is 2. The fraction of sp³-hybridized carbons (Fsp3) is 0.538. The second-order valence-electron chi connectivity index (χ2n) is 4.77. The minimum Gasteiger partial charge on any atom is -0.376 e. The molecule has 0 amide bonds. The van der Waals surface area contributed by atoms with Crippen molar-refractivity contribution in [2.75, 3.05) is 6.61 Å². The first kappa shape index (κ1) is 11.9. The van der Waals surface area contributed by atoms with Crippen LogP contribution in [0.4, 0.5) is 0 Å². The van der Waals surface area contributed by atoms with Crippen LogP contribution in [0.25, 0.3) is 10.2 Å². The lowest BCUT2D eigenvalue weighted by atomic mass is 10.1. The third kappa shape index (κ3) is 2.20. The van der Waals surface area contributed by atoms with Crippen molar-refractivity contribution in [2.24, 2.45) is 0 Å². The van der Waals surface area contributed by atoms with E-state index in [-0.39, 0.29) is 11.7 Å². The van der Waals surface area contributed by atoms with Gasteiger partial charge in [-0.3, -0.25) is 9.36 Å². The molecule has 2 aromatic rings. The SMILES string of the molecule is Cc1cc2c(=O)n(C[C@@H]3CCCCO3)cnc2s1. The summed E-state index contributed by atoms with van der Waals surface area (Å²) in [6, 6.07) is 1.92. The molecule has 1 fully saturated rings. The average molecular weight is 264 g/mol. The highest BCUT2D eigenvalue weighted by Gasteiger charge is 2.16. The summed E-state index contributed by atoms with van der Waals surface area (Å²) in [5.74, 6) is 0. The van der Waals surface area contributed by atoms with Crippen LogP contribution < -0.4 is 5.56 Å². The molecule has 1 aliphatic rings. The van der Waals surface area contributed by atoms with Crippen LogP contribution in [0.3, 0.4) is 0 Å². The number of rotatable bonds is 2. The third-order valence-electron chi connectivity index (χ3n) is 3.32. The highest BCUT2D eigenvalue weighted by atomic mass is 32.1.